The van der Waals surface area contributed by atoms with Crippen molar-refractivity contribution in [2.24, 2.45) is 0 Å². The van der Waals surface area contributed by atoms with Crippen LogP contribution in [-0.4, -0.2) is 28.4 Å². The Labute approximate surface area is 169 Å². The number of carbonyl (C=O) groups excluding carboxylic acids is 2. The predicted octanol–water partition coefficient (Wildman–Crippen LogP) is 4.19. The van der Waals surface area contributed by atoms with Gasteiger partial charge in [0.25, 0.3) is 5.91 Å². The summed E-state index contributed by atoms with van der Waals surface area (Å²) in [7, 11) is 0. The van der Waals surface area contributed by atoms with E-state index in [0.717, 1.165) is 11.1 Å². The number of carbonyl (C=O) groups is 2. The topological polar surface area (TPSA) is 61.9 Å². The molecule has 6 heteroatoms. The smallest absolute Gasteiger partial charge is 0.308 e. The largest absolute Gasteiger partial charge is 0.324 e. The summed E-state index contributed by atoms with van der Waals surface area (Å²) >= 11 is 0. The molecule has 29 heavy (non-hydrogen) atoms. The molecule has 3 aromatic carbocycles. The summed E-state index contributed by atoms with van der Waals surface area (Å²) in [6.45, 7) is 0.178. The molecule has 0 saturated carbocycles. The van der Waals surface area contributed by atoms with E-state index < -0.39 is 6.17 Å². The van der Waals surface area contributed by atoms with Crippen molar-refractivity contribution in [1.82, 2.24) is 9.96 Å². The summed E-state index contributed by atoms with van der Waals surface area (Å²) < 4.78 is 0. The third kappa shape index (κ3) is 4.28. The van der Waals surface area contributed by atoms with Crippen LogP contribution < -0.4 is 5.32 Å². The number of hydrogen-bond donors (Lipinski definition) is 1. The fraction of sp³-hybridized carbons (Fsp3) is 0.130. The van der Waals surface area contributed by atoms with Gasteiger partial charge in [-0.3, -0.25) is 14.5 Å². The fourth-order valence-corrected chi connectivity index (χ4v) is 3.27. The molecule has 1 saturated heterocycles. The summed E-state index contributed by atoms with van der Waals surface area (Å²) in [6, 6.07) is 27.8. The summed E-state index contributed by atoms with van der Waals surface area (Å²) in [5, 5.41) is 4.15. The van der Waals surface area contributed by atoms with Crippen LogP contribution >= 0.6 is 0 Å². The first-order valence-electron chi connectivity index (χ1n) is 9.39. The molecule has 0 spiro atoms. The molecule has 146 valence electrons. The van der Waals surface area contributed by atoms with Gasteiger partial charge in [-0.2, -0.15) is 5.06 Å². The second-order valence-electron chi connectivity index (χ2n) is 6.69. The van der Waals surface area contributed by atoms with Crippen LogP contribution in [0.2, 0.25) is 0 Å². The summed E-state index contributed by atoms with van der Waals surface area (Å²) in [6.07, 6.45) is -0.642. The molecule has 0 bridgehead atoms. The first-order valence-corrected chi connectivity index (χ1v) is 9.39. The van der Waals surface area contributed by atoms with E-state index >= 15 is 0 Å². The van der Waals surface area contributed by atoms with Crippen molar-refractivity contribution in [1.29, 1.82) is 0 Å². The number of urea groups is 1. The Balaban J connectivity index is 1.57. The van der Waals surface area contributed by atoms with Crippen molar-refractivity contribution in [2.45, 2.75) is 12.8 Å². The van der Waals surface area contributed by atoms with Crippen LogP contribution in [0.4, 0.5) is 10.5 Å². The summed E-state index contributed by atoms with van der Waals surface area (Å²) in [5.41, 5.74) is 2.41. The highest BCUT2D eigenvalue weighted by Crippen LogP contribution is 2.32. The monoisotopic (exact) mass is 387 g/mol. The van der Waals surface area contributed by atoms with Gasteiger partial charge in [0.1, 0.15) is 13.2 Å². The van der Waals surface area contributed by atoms with Gasteiger partial charge >= 0.3 is 6.03 Å². The average Bonchev–Trinajstić information content (AvgIpc) is 3.10. The number of anilines is 1. The maximum Gasteiger partial charge on any atom is 0.324 e. The Hall–Kier alpha value is -3.64. The van der Waals surface area contributed by atoms with Crippen molar-refractivity contribution in [3.05, 3.63) is 102 Å². The highest BCUT2D eigenvalue weighted by molar-refractivity contribution is 5.94. The van der Waals surface area contributed by atoms with Gasteiger partial charge in [-0.05, 0) is 23.3 Å². The van der Waals surface area contributed by atoms with Crippen LogP contribution in [-0.2, 0) is 16.2 Å². The van der Waals surface area contributed by atoms with E-state index in [1.54, 1.807) is 12.1 Å². The highest BCUT2D eigenvalue weighted by Gasteiger charge is 2.42. The minimum Gasteiger partial charge on any atom is -0.308 e. The van der Waals surface area contributed by atoms with Crippen molar-refractivity contribution in [2.75, 3.05) is 11.9 Å². The minimum absolute atomic E-state index is 0.0625. The number of rotatable bonds is 5. The second kappa shape index (κ2) is 8.58. The van der Waals surface area contributed by atoms with Crippen LogP contribution in [0.25, 0.3) is 0 Å². The minimum atomic E-state index is -0.642. The lowest BCUT2D eigenvalue weighted by molar-refractivity contribution is -0.201. The SMILES string of the molecule is O=C(Nc1ccccc1)N1CC(=O)N(OCc2ccccc2)C1c1ccccc1. The number of nitrogens with one attached hydrogen (secondary N) is 1. The van der Waals surface area contributed by atoms with Crippen LogP contribution in [0, 0.1) is 0 Å². The Bertz CT molecular complexity index is 964. The van der Waals surface area contributed by atoms with Crippen LogP contribution in [0.1, 0.15) is 17.3 Å². The van der Waals surface area contributed by atoms with E-state index in [0.29, 0.717) is 5.69 Å². The molecule has 0 radical (unpaired) electrons. The normalized spacial score (nSPS) is 16.1. The molecule has 1 atom stereocenters. The summed E-state index contributed by atoms with van der Waals surface area (Å²) in [5.74, 6) is -0.266. The molecule has 6 nitrogen and oxygen atoms in total. The van der Waals surface area contributed by atoms with Gasteiger partial charge in [0, 0.05) is 5.69 Å². The van der Waals surface area contributed by atoms with E-state index in [1.807, 2.05) is 78.9 Å². The Morgan fingerprint density at radius 2 is 1.48 bits per heavy atom. The van der Waals surface area contributed by atoms with Gasteiger partial charge in [-0.1, -0.05) is 78.9 Å². The van der Waals surface area contributed by atoms with Crippen molar-refractivity contribution >= 4 is 17.6 Å². The molecule has 0 aliphatic carbocycles. The molecular formula is C23H21N3O3. The molecule has 1 N–H and O–H groups in total. The Morgan fingerprint density at radius 3 is 2.14 bits per heavy atom. The maximum absolute atomic E-state index is 12.9. The number of para-hydroxylation sites is 1. The second-order valence-corrected chi connectivity index (χ2v) is 6.69. The molecule has 1 fully saturated rings. The van der Waals surface area contributed by atoms with Gasteiger partial charge in [-0.25, -0.2) is 4.79 Å². The molecule has 1 aliphatic heterocycles. The number of amides is 3. The lowest BCUT2D eigenvalue weighted by Gasteiger charge is -2.29. The first kappa shape index (κ1) is 18.7. The molecule has 3 amide bonds. The molecule has 1 aliphatic rings. The lowest BCUT2D eigenvalue weighted by Crippen LogP contribution is -2.38. The van der Waals surface area contributed by atoms with Crippen molar-refractivity contribution < 1.29 is 14.4 Å². The molecular weight excluding hydrogens is 366 g/mol. The van der Waals surface area contributed by atoms with Gasteiger partial charge in [0.2, 0.25) is 0 Å². The quantitative estimate of drug-likeness (QED) is 0.714. The predicted molar refractivity (Wildman–Crippen MR) is 109 cm³/mol. The average molecular weight is 387 g/mol. The molecule has 3 aromatic rings. The standard InChI is InChI=1S/C23H21N3O3/c27-21-16-25(23(28)24-20-14-8-3-9-15-20)22(19-12-6-2-7-13-19)26(21)29-17-18-10-4-1-5-11-18/h1-15,22H,16-17H2,(H,24,28). The van der Waals surface area contributed by atoms with Crippen molar-refractivity contribution in [3.8, 4) is 0 Å². The Kier molecular flexibility index (Phi) is 5.54. The number of hydrogen-bond acceptors (Lipinski definition) is 3. The van der Waals surface area contributed by atoms with Crippen LogP contribution in [0.5, 0.6) is 0 Å². The number of benzene rings is 3. The van der Waals surface area contributed by atoms with Crippen LogP contribution in [0.15, 0.2) is 91.0 Å². The van der Waals surface area contributed by atoms with Crippen LogP contribution in [0.3, 0.4) is 0 Å². The molecule has 4 rings (SSSR count). The van der Waals surface area contributed by atoms with E-state index in [1.165, 1.54) is 9.96 Å². The lowest BCUT2D eigenvalue weighted by atomic mass is 10.1. The van der Waals surface area contributed by atoms with Gasteiger partial charge in [0.05, 0.1) is 0 Å². The van der Waals surface area contributed by atoms with E-state index in [9.17, 15) is 9.59 Å². The third-order valence-corrected chi connectivity index (χ3v) is 4.67. The number of hydroxylamine groups is 2. The van der Waals surface area contributed by atoms with E-state index in [-0.39, 0.29) is 25.1 Å². The zero-order valence-corrected chi connectivity index (χ0v) is 15.8. The Morgan fingerprint density at radius 1 is 0.897 bits per heavy atom. The maximum atomic E-state index is 12.9. The highest BCUT2D eigenvalue weighted by atomic mass is 16.7. The van der Waals surface area contributed by atoms with Crippen molar-refractivity contribution in [3.63, 3.8) is 0 Å². The van der Waals surface area contributed by atoms with E-state index in [2.05, 4.69) is 5.32 Å². The zero-order chi connectivity index (χ0) is 20.1. The summed E-state index contributed by atoms with van der Waals surface area (Å²) in [4.78, 5) is 33.0. The molecule has 1 unspecified atom stereocenters. The zero-order valence-electron chi connectivity index (χ0n) is 15.8. The van der Waals surface area contributed by atoms with Gasteiger partial charge in [-0.15, -0.1) is 0 Å². The van der Waals surface area contributed by atoms with Gasteiger partial charge < -0.3 is 5.32 Å². The molecule has 1 heterocycles. The fourth-order valence-electron chi connectivity index (χ4n) is 3.27. The number of nitrogens with zero attached hydrogens (tertiary/aromatic N) is 2. The third-order valence-electron chi connectivity index (χ3n) is 4.67. The molecule has 0 aromatic heterocycles. The van der Waals surface area contributed by atoms with E-state index in [4.69, 9.17) is 4.84 Å². The first-order chi connectivity index (χ1) is 14.2. The van der Waals surface area contributed by atoms with Gasteiger partial charge in [0.15, 0.2) is 6.17 Å².